The Bertz CT molecular complexity index is 872. The van der Waals surface area contributed by atoms with Gasteiger partial charge in [-0.15, -0.1) is 0 Å². The monoisotopic (exact) mass is 572 g/mol. The first-order chi connectivity index (χ1) is 18.0. The molecule has 2 aromatic rings. The average Bonchev–Trinajstić information content (AvgIpc) is 2.98. The largest absolute Gasteiger partial charge is 0.469 e. The van der Waals surface area contributed by atoms with Crippen LogP contribution in [0.4, 0.5) is 0 Å². The van der Waals surface area contributed by atoms with Gasteiger partial charge in [0.1, 0.15) is 0 Å². The van der Waals surface area contributed by atoms with Crippen LogP contribution in [-0.4, -0.2) is 31.5 Å². The van der Waals surface area contributed by atoms with Crippen LogP contribution in [0.1, 0.15) is 81.8 Å². The molecule has 0 aromatic heterocycles. The van der Waals surface area contributed by atoms with Gasteiger partial charge in [0.2, 0.25) is 0 Å². The van der Waals surface area contributed by atoms with Crippen molar-refractivity contribution < 1.29 is 19.1 Å². The number of ether oxygens (including phenoxy) is 2. The van der Waals surface area contributed by atoms with Crippen LogP contribution in [0.3, 0.4) is 0 Å². The van der Waals surface area contributed by atoms with Crippen molar-refractivity contribution in [1.82, 2.24) is 0 Å². The highest BCUT2D eigenvalue weighted by atomic mass is 79.9. The summed E-state index contributed by atoms with van der Waals surface area (Å²) < 4.78 is 9.69. The van der Waals surface area contributed by atoms with Crippen molar-refractivity contribution in [2.24, 2.45) is 11.3 Å². The molecule has 0 bridgehead atoms. The van der Waals surface area contributed by atoms with Gasteiger partial charge < -0.3 is 9.47 Å². The van der Waals surface area contributed by atoms with Crippen molar-refractivity contribution in [1.29, 1.82) is 0 Å². The van der Waals surface area contributed by atoms with Crippen molar-refractivity contribution in [2.45, 2.75) is 83.5 Å². The minimum atomic E-state index is -0.219. The molecule has 2 aliphatic rings. The number of carbonyl (C=O) groups excluding carboxylic acids is 2. The number of carbonyl (C=O) groups is 2. The lowest BCUT2D eigenvalue weighted by Gasteiger charge is -2.34. The van der Waals surface area contributed by atoms with Crippen molar-refractivity contribution in [3.8, 4) is 0 Å². The number of halogens is 1. The molecule has 0 aliphatic heterocycles. The number of hydrogen-bond acceptors (Lipinski definition) is 4. The van der Waals surface area contributed by atoms with Gasteiger partial charge in [-0.3, -0.25) is 9.59 Å². The molecule has 0 amide bonds. The molecule has 0 radical (unpaired) electrons. The molecule has 5 heteroatoms. The molecule has 2 aromatic carbocycles. The van der Waals surface area contributed by atoms with Crippen LogP contribution in [0.2, 0.25) is 0 Å². The van der Waals surface area contributed by atoms with Crippen molar-refractivity contribution in [3.05, 3.63) is 71.8 Å². The average molecular weight is 574 g/mol. The Kier molecular flexibility index (Phi) is 15.3. The highest BCUT2D eigenvalue weighted by molar-refractivity contribution is 9.09. The highest BCUT2D eigenvalue weighted by Gasteiger charge is 2.39. The first-order valence-electron chi connectivity index (χ1n) is 13.8. The number of benzene rings is 2. The molecular formula is C32H45BrO4. The molecule has 2 aliphatic carbocycles. The van der Waals surface area contributed by atoms with E-state index in [0.29, 0.717) is 0 Å². The molecule has 0 unspecified atom stereocenters. The summed E-state index contributed by atoms with van der Waals surface area (Å²) >= 11 is 3.39. The summed E-state index contributed by atoms with van der Waals surface area (Å²) in [6.07, 6.45) is 14.3. The summed E-state index contributed by atoms with van der Waals surface area (Å²) in [5, 5.41) is 1.05. The Balaban J connectivity index is 0.000000214. The lowest BCUT2D eigenvalue weighted by atomic mass is 9.70. The minimum absolute atomic E-state index is 0.00173. The van der Waals surface area contributed by atoms with Crippen LogP contribution < -0.4 is 0 Å². The predicted molar refractivity (Wildman–Crippen MR) is 155 cm³/mol. The Hall–Kier alpha value is -2.14. The van der Waals surface area contributed by atoms with Gasteiger partial charge >= 0.3 is 11.9 Å². The second kappa shape index (κ2) is 18.2. The highest BCUT2D eigenvalue weighted by Crippen LogP contribution is 2.41. The lowest BCUT2D eigenvalue weighted by Crippen LogP contribution is -2.35. The predicted octanol–water partition coefficient (Wildman–Crippen LogP) is 8.11. The van der Waals surface area contributed by atoms with Gasteiger partial charge in [-0.2, -0.15) is 0 Å². The summed E-state index contributed by atoms with van der Waals surface area (Å²) in [4.78, 5) is 23.0. The van der Waals surface area contributed by atoms with Crippen LogP contribution >= 0.6 is 15.9 Å². The maximum atomic E-state index is 12.1. The molecule has 4 rings (SSSR count). The van der Waals surface area contributed by atoms with E-state index in [-0.39, 0.29) is 23.3 Å². The van der Waals surface area contributed by atoms with Crippen LogP contribution in [0.15, 0.2) is 60.7 Å². The molecule has 0 spiro atoms. The SMILES string of the molecule is BrCCc1ccccc1.COC(=O)C1(CCc2ccccc2)CCCCC1.COC(=O)C1CCCCC1. The van der Waals surface area contributed by atoms with Crippen molar-refractivity contribution in [3.63, 3.8) is 0 Å². The molecule has 0 saturated heterocycles. The number of hydrogen-bond donors (Lipinski definition) is 0. The number of methoxy groups -OCH3 is 2. The Morgan fingerprint density at radius 3 is 1.76 bits per heavy atom. The molecule has 204 valence electrons. The van der Waals surface area contributed by atoms with Crippen LogP contribution in [0.5, 0.6) is 0 Å². The fraction of sp³-hybridized carbons (Fsp3) is 0.562. The van der Waals surface area contributed by atoms with E-state index in [1.165, 1.54) is 51.0 Å². The van der Waals surface area contributed by atoms with E-state index in [9.17, 15) is 9.59 Å². The first-order valence-corrected chi connectivity index (χ1v) is 15.0. The minimum Gasteiger partial charge on any atom is -0.469 e. The molecule has 2 saturated carbocycles. The van der Waals surface area contributed by atoms with E-state index in [2.05, 4.69) is 69.2 Å². The summed E-state index contributed by atoms with van der Waals surface area (Å²) in [5.74, 6) is 0.191. The third-order valence-electron chi connectivity index (χ3n) is 7.53. The fourth-order valence-corrected chi connectivity index (χ4v) is 5.75. The topological polar surface area (TPSA) is 52.6 Å². The Morgan fingerprint density at radius 2 is 1.27 bits per heavy atom. The normalized spacial score (nSPS) is 16.7. The molecule has 0 heterocycles. The zero-order valence-electron chi connectivity index (χ0n) is 22.8. The number of rotatable bonds is 7. The van der Waals surface area contributed by atoms with Gasteiger partial charge in [-0.1, -0.05) is 115 Å². The molecular weight excluding hydrogens is 528 g/mol. The Morgan fingerprint density at radius 1 is 0.757 bits per heavy atom. The van der Waals surface area contributed by atoms with Crippen LogP contribution in [0.25, 0.3) is 0 Å². The Labute approximate surface area is 232 Å². The van der Waals surface area contributed by atoms with Crippen LogP contribution in [0, 0.1) is 11.3 Å². The van der Waals surface area contributed by atoms with E-state index in [1.54, 1.807) is 0 Å². The van der Waals surface area contributed by atoms with E-state index in [0.717, 1.165) is 63.1 Å². The van der Waals surface area contributed by atoms with Crippen molar-refractivity contribution >= 4 is 27.9 Å². The standard InChI is InChI=1S/C16H22O2.C8H9Br.C8H14O2/c1-18-15(17)16(11-6-3-7-12-16)13-10-14-8-4-2-5-9-14;9-7-6-8-4-2-1-3-5-8;1-10-8(9)7-5-3-2-4-6-7/h2,4-5,8-9H,3,6-7,10-13H2,1H3;1-5H,6-7H2;7H,2-6H2,1H3. The third-order valence-corrected chi connectivity index (χ3v) is 7.93. The van der Waals surface area contributed by atoms with Crippen molar-refractivity contribution in [2.75, 3.05) is 19.5 Å². The molecule has 4 nitrogen and oxygen atoms in total. The fourth-order valence-electron chi connectivity index (χ4n) is 5.29. The van der Waals surface area contributed by atoms with Crippen LogP contribution in [-0.2, 0) is 31.9 Å². The van der Waals surface area contributed by atoms with Gasteiger partial charge in [0, 0.05) is 5.33 Å². The van der Waals surface area contributed by atoms with E-state index < -0.39 is 0 Å². The molecule has 2 fully saturated rings. The summed E-state index contributed by atoms with van der Waals surface area (Å²) in [5.41, 5.74) is 2.49. The second-order valence-electron chi connectivity index (χ2n) is 10.1. The zero-order chi connectivity index (χ0) is 26.8. The van der Waals surface area contributed by atoms with Gasteiger partial charge in [-0.25, -0.2) is 0 Å². The maximum absolute atomic E-state index is 12.1. The number of alkyl halides is 1. The summed E-state index contributed by atoms with van der Waals surface area (Å²) in [6.45, 7) is 0. The van der Waals surface area contributed by atoms with E-state index in [1.807, 2.05) is 12.1 Å². The van der Waals surface area contributed by atoms with E-state index in [4.69, 9.17) is 4.74 Å². The van der Waals surface area contributed by atoms with Gasteiger partial charge in [0.25, 0.3) is 0 Å². The smallest absolute Gasteiger partial charge is 0.311 e. The molecule has 0 atom stereocenters. The lowest BCUT2D eigenvalue weighted by molar-refractivity contribution is -0.155. The summed E-state index contributed by atoms with van der Waals surface area (Å²) in [6, 6.07) is 20.9. The van der Waals surface area contributed by atoms with Gasteiger partial charge in [0.05, 0.1) is 25.6 Å². The molecule has 0 N–H and O–H groups in total. The van der Waals surface area contributed by atoms with Gasteiger partial charge in [0.15, 0.2) is 0 Å². The molecule has 37 heavy (non-hydrogen) atoms. The third kappa shape index (κ3) is 11.4. The number of aryl methyl sites for hydroxylation is 2. The maximum Gasteiger partial charge on any atom is 0.311 e. The second-order valence-corrected chi connectivity index (χ2v) is 10.9. The first kappa shape index (κ1) is 31.1. The van der Waals surface area contributed by atoms with Gasteiger partial charge in [-0.05, 0) is 56.1 Å². The quantitative estimate of drug-likeness (QED) is 0.248. The van der Waals surface area contributed by atoms with E-state index >= 15 is 0 Å². The number of esters is 2. The zero-order valence-corrected chi connectivity index (χ0v) is 24.3. The summed E-state index contributed by atoms with van der Waals surface area (Å²) in [7, 11) is 2.98.